The molecule has 1 aliphatic heterocycles. The van der Waals surface area contributed by atoms with Crippen molar-refractivity contribution in [3.8, 4) is 0 Å². The molecule has 0 spiro atoms. The highest BCUT2D eigenvalue weighted by atomic mass is 16.2. The minimum Gasteiger partial charge on any atom is -0.344 e. The van der Waals surface area contributed by atoms with Crippen molar-refractivity contribution < 1.29 is 9.59 Å². The molecule has 1 aliphatic rings. The Morgan fingerprint density at radius 1 is 1.21 bits per heavy atom. The third-order valence-electron chi connectivity index (χ3n) is 4.33. The molecule has 19 heavy (non-hydrogen) atoms. The van der Waals surface area contributed by atoms with E-state index in [1.54, 1.807) is 0 Å². The molecule has 0 aliphatic carbocycles. The summed E-state index contributed by atoms with van der Waals surface area (Å²) in [5, 5.41) is 2.86. The molecule has 2 unspecified atom stereocenters. The van der Waals surface area contributed by atoms with Crippen molar-refractivity contribution in [1.82, 2.24) is 10.2 Å². The maximum Gasteiger partial charge on any atom is 0.245 e. The molecule has 0 aromatic heterocycles. The average Bonchev–Trinajstić information content (AvgIpc) is 2.50. The van der Waals surface area contributed by atoms with Crippen molar-refractivity contribution in [1.29, 1.82) is 0 Å². The molecular formula is C15H28N2O2. The number of nitrogens with one attached hydrogen (secondary N) is 1. The average molecular weight is 268 g/mol. The van der Waals surface area contributed by atoms with Crippen molar-refractivity contribution >= 4 is 11.8 Å². The van der Waals surface area contributed by atoms with Gasteiger partial charge < -0.3 is 10.2 Å². The minimum atomic E-state index is -0.369. The highest BCUT2D eigenvalue weighted by molar-refractivity contribution is 5.90. The Balaban J connectivity index is 2.92. The van der Waals surface area contributed by atoms with Crippen LogP contribution in [0, 0.1) is 11.8 Å². The van der Waals surface area contributed by atoms with Gasteiger partial charge in [-0.2, -0.15) is 0 Å². The SMILES string of the molecule is CCC(CC)C(C)N1CCC(=O)NC(C(C)C)C1=O. The van der Waals surface area contributed by atoms with Crippen molar-refractivity contribution in [3.63, 3.8) is 0 Å². The van der Waals surface area contributed by atoms with Crippen LogP contribution in [0.1, 0.15) is 53.9 Å². The van der Waals surface area contributed by atoms with E-state index in [0.29, 0.717) is 18.9 Å². The topological polar surface area (TPSA) is 49.4 Å². The molecule has 0 aromatic rings. The van der Waals surface area contributed by atoms with Gasteiger partial charge in [0.25, 0.3) is 0 Å². The van der Waals surface area contributed by atoms with Crippen LogP contribution in [-0.4, -0.2) is 35.3 Å². The Kier molecular flexibility index (Phi) is 5.83. The molecule has 1 fully saturated rings. The highest BCUT2D eigenvalue weighted by Gasteiger charge is 2.35. The molecule has 4 heteroatoms. The zero-order valence-corrected chi connectivity index (χ0v) is 12.9. The first-order valence-corrected chi connectivity index (χ1v) is 7.52. The van der Waals surface area contributed by atoms with Crippen LogP contribution in [0.15, 0.2) is 0 Å². The van der Waals surface area contributed by atoms with Gasteiger partial charge in [-0.1, -0.05) is 40.5 Å². The Bertz CT molecular complexity index is 324. The zero-order valence-electron chi connectivity index (χ0n) is 12.9. The van der Waals surface area contributed by atoms with E-state index in [0.717, 1.165) is 12.8 Å². The van der Waals surface area contributed by atoms with Gasteiger partial charge in [0.15, 0.2) is 0 Å². The molecule has 1 N–H and O–H groups in total. The summed E-state index contributed by atoms with van der Waals surface area (Å²) in [5.74, 6) is 0.711. The maximum absolute atomic E-state index is 12.6. The molecule has 0 bridgehead atoms. The zero-order chi connectivity index (χ0) is 14.6. The summed E-state index contributed by atoms with van der Waals surface area (Å²) in [6.45, 7) is 10.9. The number of hydrogen-bond donors (Lipinski definition) is 1. The van der Waals surface area contributed by atoms with Crippen LogP contribution < -0.4 is 5.32 Å². The van der Waals surface area contributed by atoms with Gasteiger partial charge in [0.1, 0.15) is 6.04 Å². The summed E-state index contributed by atoms with van der Waals surface area (Å²) in [6, 6.07) is -0.164. The van der Waals surface area contributed by atoms with E-state index < -0.39 is 0 Å². The first-order valence-electron chi connectivity index (χ1n) is 7.52. The van der Waals surface area contributed by atoms with Crippen LogP contribution in [-0.2, 0) is 9.59 Å². The lowest BCUT2D eigenvalue weighted by molar-refractivity contribution is -0.137. The van der Waals surface area contributed by atoms with Crippen LogP contribution in [0.3, 0.4) is 0 Å². The first kappa shape index (κ1) is 16.0. The molecule has 2 atom stereocenters. The van der Waals surface area contributed by atoms with Crippen LogP contribution in [0.2, 0.25) is 0 Å². The van der Waals surface area contributed by atoms with Gasteiger partial charge in [-0.05, 0) is 18.8 Å². The lowest BCUT2D eigenvalue weighted by Crippen LogP contribution is -2.51. The van der Waals surface area contributed by atoms with Gasteiger partial charge in [-0.25, -0.2) is 0 Å². The number of nitrogens with zero attached hydrogens (tertiary/aromatic N) is 1. The highest BCUT2D eigenvalue weighted by Crippen LogP contribution is 2.22. The molecule has 2 amide bonds. The Morgan fingerprint density at radius 3 is 2.26 bits per heavy atom. The third-order valence-corrected chi connectivity index (χ3v) is 4.33. The van der Waals surface area contributed by atoms with Crippen molar-refractivity contribution in [3.05, 3.63) is 0 Å². The third kappa shape index (κ3) is 3.71. The summed E-state index contributed by atoms with van der Waals surface area (Å²) in [7, 11) is 0. The van der Waals surface area contributed by atoms with Crippen molar-refractivity contribution in [2.75, 3.05) is 6.54 Å². The molecule has 0 radical (unpaired) electrons. The van der Waals surface area contributed by atoms with Crippen LogP contribution in [0.25, 0.3) is 0 Å². The smallest absolute Gasteiger partial charge is 0.245 e. The van der Waals surface area contributed by atoms with Crippen LogP contribution in [0.4, 0.5) is 0 Å². The largest absolute Gasteiger partial charge is 0.344 e. The van der Waals surface area contributed by atoms with E-state index in [1.807, 2.05) is 18.7 Å². The summed E-state index contributed by atoms with van der Waals surface area (Å²) in [4.78, 5) is 26.3. The molecule has 4 nitrogen and oxygen atoms in total. The van der Waals surface area contributed by atoms with Crippen molar-refractivity contribution in [2.45, 2.75) is 66.0 Å². The molecule has 110 valence electrons. The van der Waals surface area contributed by atoms with Gasteiger partial charge in [0, 0.05) is 19.0 Å². The lowest BCUT2D eigenvalue weighted by atomic mass is 9.93. The first-order chi connectivity index (χ1) is 8.92. The van der Waals surface area contributed by atoms with Gasteiger partial charge in [-0.15, -0.1) is 0 Å². The Hall–Kier alpha value is -1.06. The molecule has 1 heterocycles. The molecular weight excluding hydrogens is 240 g/mol. The van der Waals surface area contributed by atoms with Gasteiger partial charge in [0.2, 0.25) is 11.8 Å². The Morgan fingerprint density at radius 2 is 1.79 bits per heavy atom. The van der Waals surface area contributed by atoms with Crippen LogP contribution >= 0.6 is 0 Å². The molecule has 0 saturated carbocycles. The molecule has 0 aromatic carbocycles. The maximum atomic E-state index is 12.6. The number of carbonyl (C=O) groups is 2. The number of carbonyl (C=O) groups excluding carboxylic acids is 2. The van der Waals surface area contributed by atoms with E-state index in [-0.39, 0.29) is 29.8 Å². The second-order valence-corrected chi connectivity index (χ2v) is 5.89. The Labute approximate surface area is 116 Å². The van der Waals surface area contributed by atoms with E-state index in [1.165, 1.54) is 0 Å². The predicted molar refractivity (Wildman–Crippen MR) is 76.6 cm³/mol. The fourth-order valence-corrected chi connectivity index (χ4v) is 2.90. The van der Waals surface area contributed by atoms with E-state index in [2.05, 4.69) is 26.1 Å². The van der Waals surface area contributed by atoms with Crippen molar-refractivity contribution in [2.24, 2.45) is 11.8 Å². The minimum absolute atomic E-state index is 0.00806. The number of rotatable bonds is 5. The van der Waals surface area contributed by atoms with Crippen LogP contribution in [0.5, 0.6) is 0 Å². The quantitative estimate of drug-likeness (QED) is 0.831. The standard InChI is InChI=1S/C15H28N2O2/c1-6-12(7-2)11(5)17-9-8-13(18)16-14(10(3)4)15(17)19/h10-12,14H,6-9H2,1-5H3,(H,16,18). The lowest BCUT2D eigenvalue weighted by Gasteiger charge is -2.35. The summed E-state index contributed by atoms with van der Waals surface area (Å²) >= 11 is 0. The van der Waals surface area contributed by atoms with Gasteiger partial charge in [0.05, 0.1) is 0 Å². The van der Waals surface area contributed by atoms with E-state index in [9.17, 15) is 9.59 Å². The second kappa shape index (κ2) is 6.92. The summed E-state index contributed by atoms with van der Waals surface area (Å²) in [6.07, 6.45) is 2.55. The number of hydrogen-bond acceptors (Lipinski definition) is 2. The van der Waals surface area contributed by atoms with Gasteiger partial charge >= 0.3 is 0 Å². The molecule has 1 rings (SSSR count). The summed E-state index contributed by atoms with van der Waals surface area (Å²) < 4.78 is 0. The van der Waals surface area contributed by atoms with E-state index in [4.69, 9.17) is 0 Å². The van der Waals surface area contributed by atoms with Gasteiger partial charge in [-0.3, -0.25) is 9.59 Å². The normalized spacial score (nSPS) is 22.7. The number of amides is 2. The fourth-order valence-electron chi connectivity index (χ4n) is 2.90. The molecule has 1 saturated heterocycles. The summed E-state index contributed by atoms with van der Waals surface area (Å²) in [5.41, 5.74) is 0. The monoisotopic (exact) mass is 268 g/mol. The second-order valence-electron chi connectivity index (χ2n) is 5.89. The predicted octanol–water partition coefficient (Wildman–Crippen LogP) is 2.18. The van der Waals surface area contributed by atoms with E-state index >= 15 is 0 Å². The fraction of sp³-hybridized carbons (Fsp3) is 0.867.